The van der Waals surface area contributed by atoms with Crippen LogP contribution in [-0.4, -0.2) is 31.1 Å². The van der Waals surface area contributed by atoms with E-state index >= 15 is 0 Å². The number of rotatable bonds is 8. The van der Waals surface area contributed by atoms with Gasteiger partial charge in [0.2, 0.25) is 0 Å². The Morgan fingerprint density at radius 3 is 2.41 bits per heavy atom. The average Bonchev–Trinajstić information content (AvgIpc) is 2.35. The van der Waals surface area contributed by atoms with Crippen molar-refractivity contribution in [3.63, 3.8) is 0 Å². The third-order valence-corrected chi connectivity index (χ3v) is 3.55. The number of benzene rings is 1. The summed E-state index contributed by atoms with van der Waals surface area (Å²) < 4.78 is 1.30. The van der Waals surface area contributed by atoms with Gasteiger partial charge >= 0.3 is 0 Å². The lowest BCUT2D eigenvalue weighted by Gasteiger charge is -2.19. The van der Waals surface area contributed by atoms with Crippen molar-refractivity contribution in [2.24, 2.45) is 0 Å². The quantitative estimate of drug-likeness (QED) is 0.575. The van der Waals surface area contributed by atoms with E-state index < -0.39 is 0 Å². The fourth-order valence-electron chi connectivity index (χ4n) is 1.82. The molecule has 0 saturated heterocycles. The molecule has 2 nitrogen and oxygen atoms in total. The van der Waals surface area contributed by atoms with Crippen LogP contribution in [0.25, 0.3) is 0 Å². The highest BCUT2D eigenvalue weighted by atomic mass is 127. The lowest BCUT2D eigenvalue weighted by molar-refractivity contribution is 0.287. The highest BCUT2D eigenvalue weighted by Gasteiger charge is 1.99. The zero-order valence-electron chi connectivity index (χ0n) is 10.9. The zero-order chi connectivity index (χ0) is 12.5. The summed E-state index contributed by atoms with van der Waals surface area (Å²) in [5, 5.41) is 3.50. The van der Waals surface area contributed by atoms with Crippen LogP contribution in [0.1, 0.15) is 25.8 Å². The van der Waals surface area contributed by atoms with Gasteiger partial charge in [-0.25, -0.2) is 0 Å². The van der Waals surface area contributed by atoms with Crippen molar-refractivity contribution in [2.45, 2.75) is 26.8 Å². The normalized spacial score (nSPS) is 11.1. The Balaban J connectivity index is 2.17. The minimum absolute atomic E-state index is 0.973. The largest absolute Gasteiger partial charge is 0.311 e. The van der Waals surface area contributed by atoms with Gasteiger partial charge in [-0.05, 0) is 59.8 Å². The Kier molecular flexibility index (Phi) is 7.81. The maximum Gasteiger partial charge on any atom is 0.0206 e. The van der Waals surface area contributed by atoms with Crippen LogP contribution in [0.2, 0.25) is 0 Å². The minimum Gasteiger partial charge on any atom is -0.311 e. The number of nitrogens with zero attached hydrogens (tertiary/aromatic N) is 1. The van der Waals surface area contributed by atoms with Crippen LogP contribution < -0.4 is 5.32 Å². The van der Waals surface area contributed by atoms with Gasteiger partial charge in [-0.15, -0.1) is 0 Å². The Morgan fingerprint density at radius 2 is 1.82 bits per heavy atom. The molecular formula is C14H23IN2. The third kappa shape index (κ3) is 6.38. The van der Waals surface area contributed by atoms with E-state index in [-0.39, 0.29) is 0 Å². The van der Waals surface area contributed by atoms with Gasteiger partial charge in [0.05, 0.1) is 0 Å². The number of halogens is 1. The number of likely N-dealkylation sites (N-methyl/N-ethyl adjacent to an activating group) is 1. The molecule has 0 aliphatic rings. The lowest BCUT2D eigenvalue weighted by Crippen LogP contribution is -2.32. The summed E-state index contributed by atoms with van der Waals surface area (Å²) in [4.78, 5) is 2.49. The Labute approximate surface area is 119 Å². The predicted molar refractivity (Wildman–Crippen MR) is 83.3 cm³/mol. The summed E-state index contributed by atoms with van der Waals surface area (Å²) in [6, 6.07) is 8.71. The van der Waals surface area contributed by atoms with Crippen LogP contribution in [0.4, 0.5) is 0 Å². The summed E-state index contributed by atoms with van der Waals surface area (Å²) in [7, 11) is 0. The second kappa shape index (κ2) is 8.89. The summed E-state index contributed by atoms with van der Waals surface area (Å²) in [6.07, 6.45) is 1.24. The van der Waals surface area contributed by atoms with Crippen LogP contribution in [-0.2, 0) is 6.54 Å². The average molecular weight is 346 g/mol. The van der Waals surface area contributed by atoms with Crippen LogP contribution in [0, 0.1) is 3.57 Å². The van der Waals surface area contributed by atoms with Gasteiger partial charge in [0, 0.05) is 23.2 Å². The molecule has 0 spiro atoms. The number of nitrogens with one attached hydrogen (secondary N) is 1. The number of hydrogen-bond acceptors (Lipinski definition) is 2. The predicted octanol–water partition coefficient (Wildman–Crippen LogP) is 3.11. The molecule has 0 bridgehead atoms. The molecule has 0 radical (unpaired) electrons. The fraction of sp³-hybridized carbons (Fsp3) is 0.571. The molecule has 0 atom stereocenters. The summed E-state index contributed by atoms with van der Waals surface area (Å²) in [6.45, 7) is 10.0. The third-order valence-electron chi connectivity index (χ3n) is 2.83. The maximum absolute atomic E-state index is 3.50. The molecule has 96 valence electrons. The monoisotopic (exact) mass is 346 g/mol. The van der Waals surface area contributed by atoms with Crippen molar-refractivity contribution in [3.8, 4) is 0 Å². The first-order valence-corrected chi connectivity index (χ1v) is 7.51. The van der Waals surface area contributed by atoms with Gasteiger partial charge in [0.15, 0.2) is 0 Å². The summed E-state index contributed by atoms with van der Waals surface area (Å²) in [5.41, 5.74) is 1.36. The van der Waals surface area contributed by atoms with Crippen LogP contribution in [0.5, 0.6) is 0 Å². The first kappa shape index (κ1) is 14.9. The van der Waals surface area contributed by atoms with E-state index in [1.807, 2.05) is 0 Å². The van der Waals surface area contributed by atoms with E-state index in [2.05, 4.69) is 70.9 Å². The topological polar surface area (TPSA) is 15.3 Å². The molecule has 0 aromatic heterocycles. The number of hydrogen-bond donors (Lipinski definition) is 1. The molecule has 17 heavy (non-hydrogen) atoms. The van der Waals surface area contributed by atoms with Gasteiger partial charge in [0.25, 0.3) is 0 Å². The van der Waals surface area contributed by atoms with Gasteiger partial charge in [-0.2, -0.15) is 0 Å². The summed E-state index contributed by atoms with van der Waals surface area (Å²) >= 11 is 2.34. The van der Waals surface area contributed by atoms with Crippen molar-refractivity contribution in [1.29, 1.82) is 0 Å². The van der Waals surface area contributed by atoms with Crippen LogP contribution >= 0.6 is 22.6 Å². The molecular weight excluding hydrogens is 323 g/mol. The first-order chi connectivity index (χ1) is 8.26. The van der Waals surface area contributed by atoms with E-state index in [9.17, 15) is 0 Å². The second-order valence-corrected chi connectivity index (χ2v) is 5.48. The van der Waals surface area contributed by atoms with Crippen molar-refractivity contribution in [2.75, 3.05) is 26.2 Å². The SMILES string of the molecule is CCCN(CC)CCNCc1ccc(I)cc1. The molecule has 0 unspecified atom stereocenters. The Morgan fingerprint density at radius 1 is 1.12 bits per heavy atom. The van der Waals surface area contributed by atoms with E-state index in [0.29, 0.717) is 0 Å². The van der Waals surface area contributed by atoms with E-state index in [1.54, 1.807) is 0 Å². The van der Waals surface area contributed by atoms with Crippen LogP contribution in [0.15, 0.2) is 24.3 Å². The van der Waals surface area contributed by atoms with E-state index in [0.717, 1.165) is 26.2 Å². The molecule has 0 amide bonds. The molecule has 0 aliphatic heterocycles. The Bertz CT molecular complexity index is 298. The minimum atomic E-state index is 0.973. The molecule has 3 heteroatoms. The molecule has 1 N–H and O–H groups in total. The second-order valence-electron chi connectivity index (χ2n) is 4.24. The molecule has 0 aliphatic carbocycles. The zero-order valence-corrected chi connectivity index (χ0v) is 13.0. The smallest absolute Gasteiger partial charge is 0.0206 e. The fourth-order valence-corrected chi connectivity index (χ4v) is 2.18. The van der Waals surface area contributed by atoms with Gasteiger partial charge in [-0.3, -0.25) is 0 Å². The highest BCUT2D eigenvalue weighted by molar-refractivity contribution is 14.1. The molecule has 1 rings (SSSR count). The van der Waals surface area contributed by atoms with Gasteiger partial charge in [0.1, 0.15) is 0 Å². The van der Waals surface area contributed by atoms with Gasteiger partial charge < -0.3 is 10.2 Å². The van der Waals surface area contributed by atoms with Gasteiger partial charge in [-0.1, -0.05) is 26.0 Å². The molecule has 1 aromatic rings. The van der Waals surface area contributed by atoms with Crippen molar-refractivity contribution in [1.82, 2.24) is 10.2 Å². The Hall–Kier alpha value is -0.130. The van der Waals surface area contributed by atoms with Crippen molar-refractivity contribution < 1.29 is 0 Å². The van der Waals surface area contributed by atoms with Crippen molar-refractivity contribution >= 4 is 22.6 Å². The maximum atomic E-state index is 3.50. The first-order valence-electron chi connectivity index (χ1n) is 6.43. The van der Waals surface area contributed by atoms with Crippen molar-refractivity contribution in [3.05, 3.63) is 33.4 Å². The standard InChI is InChI=1S/C14H23IN2/c1-3-10-17(4-2)11-9-16-12-13-5-7-14(15)8-6-13/h5-8,16H,3-4,9-12H2,1-2H3. The lowest BCUT2D eigenvalue weighted by atomic mass is 10.2. The van der Waals surface area contributed by atoms with E-state index in [4.69, 9.17) is 0 Å². The molecule has 0 saturated carbocycles. The van der Waals surface area contributed by atoms with E-state index in [1.165, 1.54) is 22.1 Å². The molecule has 1 aromatic carbocycles. The van der Waals surface area contributed by atoms with Crippen LogP contribution in [0.3, 0.4) is 0 Å². The molecule has 0 fully saturated rings. The molecule has 0 heterocycles. The summed E-state index contributed by atoms with van der Waals surface area (Å²) in [5.74, 6) is 0. The highest BCUT2D eigenvalue weighted by Crippen LogP contribution is 2.06.